The molecule has 0 saturated carbocycles. The number of aryl methyl sites for hydroxylation is 1. The summed E-state index contributed by atoms with van der Waals surface area (Å²) in [6.07, 6.45) is 0. The van der Waals surface area contributed by atoms with Crippen LogP contribution >= 0.6 is 11.3 Å². The molecule has 1 aromatic rings. The largest absolute Gasteiger partial charge is 0.308 e. The van der Waals surface area contributed by atoms with Crippen LogP contribution in [0.25, 0.3) is 0 Å². The Morgan fingerprint density at radius 3 is 2.50 bits per heavy atom. The summed E-state index contributed by atoms with van der Waals surface area (Å²) in [5, 5.41) is 3.58. The molecule has 0 bridgehead atoms. The summed E-state index contributed by atoms with van der Waals surface area (Å²) in [4.78, 5) is 5.29. The van der Waals surface area contributed by atoms with Crippen molar-refractivity contribution in [2.75, 3.05) is 19.6 Å². The van der Waals surface area contributed by atoms with Crippen LogP contribution in [0.3, 0.4) is 0 Å². The molecule has 0 saturated heterocycles. The molecule has 2 nitrogen and oxygen atoms in total. The minimum Gasteiger partial charge on any atom is -0.308 e. The average Bonchev–Trinajstić information content (AvgIpc) is 2.69. The molecule has 0 aliphatic carbocycles. The molecular weight excluding hydrogens is 216 g/mol. The van der Waals surface area contributed by atoms with Crippen LogP contribution in [0.2, 0.25) is 0 Å². The SMILES string of the molecule is CCN(CC)CC(C)NCc1ccc(C)s1. The van der Waals surface area contributed by atoms with E-state index in [0.29, 0.717) is 6.04 Å². The third kappa shape index (κ3) is 4.64. The second-order valence-corrected chi connectivity index (χ2v) is 5.65. The lowest BCUT2D eigenvalue weighted by molar-refractivity contribution is 0.271. The summed E-state index contributed by atoms with van der Waals surface area (Å²) in [6.45, 7) is 13.3. The van der Waals surface area contributed by atoms with E-state index in [1.54, 1.807) is 0 Å². The van der Waals surface area contributed by atoms with E-state index in [1.807, 2.05) is 11.3 Å². The van der Waals surface area contributed by atoms with Crippen LogP contribution in [0.1, 0.15) is 30.5 Å². The van der Waals surface area contributed by atoms with Crippen molar-refractivity contribution in [3.05, 3.63) is 21.9 Å². The molecule has 0 radical (unpaired) electrons. The predicted molar refractivity (Wildman–Crippen MR) is 73.1 cm³/mol. The number of rotatable bonds is 7. The van der Waals surface area contributed by atoms with Gasteiger partial charge < -0.3 is 10.2 Å². The van der Waals surface area contributed by atoms with Gasteiger partial charge in [-0.2, -0.15) is 0 Å². The standard InChI is InChI=1S/C13H24N2S/c1-5-15(6-2)10-11(3)14-9-13-8-7-12(4)16-13/h7-8,11,14H,5-6,9-10H2,1-4H3. The maximum Gasteiger partial charge on any atom is 0.0302 e. The van der Waals surface area contributed by atoms with Crippen LogP contribution in [-0.4, -0.2) is 30.6 Å². The molecule has 1 rings (SSSR count). The molecule has 92 valence electrons. The molecule has 0 aliphatic rings. The van der Waals surface area contributed by atoms with Crippen molar-refractivity contribution in [2.45, 2.75) is 40.3 Å². The Balaban J connectivity index is 2.26. The molecule has 0 spiro atoms. The quantitative estimate of drug-likeness (QED) is 0.788. The fraction of sp³-hybridized carbons (Fsp3) is 0.692. The van der Waals surface area contributed by atoms with Crippen molar-refractivity contribution >= 4 is 11.3 Å². The predicted octanol–water partition coefficient (Wildman–Crippen LogP) is 2.88. The van der Waals surface area contributed by atoms with Crippen molar-refractivity contribution in [2.24, 2.45) is 0 Å². The molecule has 0 aromatic carbocycles. The van der Waals surface area contributed by atoms with Gasteiger partial charge in [-0.1, -0.05) is 13.8 Å². The zero-order chi connectivity index (χ0) is 12.0. The van der Waals surface area contributed by atoms with E-state index in [1.165, 1.54) is 9.75 Å². The second-order valence-electron chi connectivity index (χ2n) is 4.28. The highest BCUT2D eigenvalue weighted by atomic mass is 32.1. The lowest BCUT2D eigenvalue weighted by Gasteiger charge is -2.23. The fourth-order valence-electron chi connectivity index (χ4n) is 1.79. The van der Waals surface area contributed by atoms with Gasteiger partial charge in [-0.3, -0.25) is 0 Å². The van der Waals surface area contributed by atoms with Gasteiger partial charge in [0.05, 0.1) is 0 Å². The van der Waals surface area contributed by atoms with Gasteiger partial charge in [0, 0.05) is 28.9 Å². The van der Waals surface area contributed by atoms with Gasteiger partial charge in [0.2, 0.25) is 0 Å². The third-order valence-corrected chi connectivity index (χ3v) is 3.85. The molecule has 1 heterocycles. The average molecular weight is 240 g/mol. The first kappa shape index (κ1) is 13.7. The Morgan fingerprint density at radius 1 is 1.31 bits per heavy atom. The zero-order valence-corrected chi connectivity index (χ0v) is 11.7. The van der Waals surface area contributed by atoms with Gasteiger partial charge in [-0.05, 0) is 39.1 Å². The van der Waals surface area contributed by atoms with Crippen molar-refractivity contribution in [1.29, 1.82) is 0 Å². The van der Waals surface area contributed by atoms with Gasteiger partial charge >= 0.3 is 0 Å². The lowest BCUT2D eigenvalue weighted by Crippen LogP contribution is -2.38. The van der Waals surface area contributed by atoms with Crippen LogP contribution in [0.4, 0.5) is 0 Å². The molecule has 1 unspecified atom stereocenters. The van der Waals surface area contributed by atoms with Crippen molar-refractivity contribution in [3.63, 3.8) is 0 Å². The topological polar surface area (TPSA) is 15.3 Å². The zero-order valence-electron chi connectivity index (χ0n) is 10.9. The van der Waals surface area contributed by atoms with Gasteiger partial charge in [-0.25, -0.2) is 0 Å². The number of thiophene rings is 1. The Kier molecular flexibility index (Phi) is 6.03. The van der Waals surface area contributed by atoms with Gasteiger partial charge in [0.15, 0.2) is 0 Å². The highest BCUT2D eigenvalue weighted by molar-refractivity contribution is 7.11. The Labute approximate surface area is 104 Å². The number of likely N-dealkylation sites (N-methyl/N-ethyl adjacent to an activating group) is 1. The molecule has 1 N–H and O–H groups in total. The maximum atomic E-state index is 3.58. The van der Waals surface area contributed by atoms with E-state index in [4.69, 9.17) is 0 Å². The number of nitrogens with zero attached hydrogens (tertiary/aromatic N) is 1. The van der Waals surface area contributed by atoms with Gasteiger partial charge in [0.25, 0.3) is 0 Å². The second kappa shape index (κ2) is 7.05. The van der Waals surface area contributed by atoms with E-state index in [-0.39, 0.29) is 0 Å². The molecule has 3 heteroatoms. The molecule has 1 atom stereocenters. The van der Waals surface area contributed by atoms with Crippen LogP contribution < -0.4 is 5.32 Å². The van der Waals surface area contributed by atoms with Crippen molar-refractivity contribution in [1.82, 2.24) is 10.2 Å². The first-order valence-electron chi connectivity index (χ1n) is 6.16. The van der Waals surface area contributed by atoms with Crippen LogP contribution in [-0.2, 0) is 6.54 Å². The van der Waals surface area contributed by atoms with Crippen LogP contribution in [0.15, 0.2) is 12.1 Å². The van der Waals surface area contributed by atoms with E-state index < -0.39 is 0 Å². The molecule has 0 amide bonds. The lowest BCUT2D eigenvalue weighted by atomic mass is 10.3. The monoisotopic (exact) mass is 240 g/mol. The molecule has 16 heavy (non-hydrogen) atoms. The van der Waals surface area contributed by atoms with Crippen LogP contribution in [0.5, 0.6) is 0 Å². The first-order valence-corrected chi connectivity index (χ1v) is 6.98. The molecule has 0 aliphatic heterocycles. The van der Waals surface area contributed by atoms with Gasteiger partial charge in [-0.15, -0.1) is 11.3 Å². The summed E-state index contributed by atoms with van der Waals surface area (Å²) < 4.78 is 0. The highest BCUT2D eigenvalue weighted by Gasteiger charge is 2.06. The summed E-state index contributed by atoms with van der Waals surface area (Å²) >= 11 is 1.88. The third-order valence-electron chi connectivity index (χ3n) is 2.85. The highest BCUT2D eigenvalue weighted by Crippen LogP contribution is 2.14. The van der Waals surface area contributed by atoms with Gasteiger partial charge in [0.1, 0.15) is 0 Å². The summed E-state index contributed by atoms with van der Waals surface area (Å²) in [5.74, 6) is 0. The fourth-order valence-corrected chi connectivity index (χ4v) is 2.63. The normalized spacial score (nSPS) is 13.3. The summed E-state index contributed by atoms with van der Waals surface area (Å²) in [6, 6.07) is 4.97. The Hall–Kier alpha value is -0.380. The summed E-state index contributed by atoms with van der Waals surface area (Å²) in [7, 11) is 0. The first-order chi connectivity index (χ1) is 7.65. The molecular formula is C13H24N2S. The molecule has 0 fully saturated rings. The smallest absolute Gasteiger partial charge is 0.0302 e. The van der Waals surface area contributed by atoms with E-state index in [0.717, 1.165) is 26.2 Å². The Bertz CT molecular complexity index is 292. The Morgan fingerprint density at radius 2 is 2.00 bits per heavy atom. The minimum atomic E-state index is 0.558. The van der Waals surface area contributed by atoms with E-state index >= 15 is 0 Å². The summed E-state index contributed by atoms with van der Waals surface area (Å²) in [5.41, 5.74) is 0. The van der Waals surface area contributed by atoms with Crippen molar-refractivity contribution < 1.29 is 0 Å². The maximum absolute atomic E-state index is 3.58. The van der Waals surface area contributed by atoms with E-state index in [9.17, 15) is 0 Å². The molecule has 1 aromatic heterocycles. The van der Waals surface area contributed by atoms with Crippen LogP contribution in [0, 0.1) is 6.92 Å². The number of nitrogens with one attached hydrogen (secondary N) is 1. The number of hydrogen-bond acceptors (Lipinski definition) is 3. The number of hydrogen-bond donors (Lipinski definition) is 1. The van der Waals surface area contributed by atoms with Crippen molar-refractivity contribution in [3.8, 4) is 0 Å². The van der Waals surface area contributed by atoms with E-state index in [2.05, 4.69) is 50.0 Å². The minimum absolute atomic E-state index is 0.558.